The number of non-ortho nitro benzene ring substituents is 1. The van der Waals surface area contributed by atoms with Crippen molar-refractivity contribution in [2.75, 3.05) is 6.54 Å². The van der Waals surface area contributed by atoms with E-state index in [-0.39, 0.29) is 18.1 Å². The lowest BCUT2D eigenvalue weighted by molar-refractivity contribution is -0.384. The summed E-state index contributed by atoms with van der Waals surface area (Å²) < 4.78 is 0. The molecule has 17 heavy (non-hydrogen) atoms. The number of nitro benzene ring substituents is 1. The fraction of sp³-hybridized carbons (Fsp3) is 0.200. The lowest BCUT2D eigenvalue weighted by atomic mass is 10.1. The molecule has 86 valence electrons. The van der Waals surface area contributed by atoms with E-state index in [1.165, 1.54) is 12.1 Å². The Labute approximate surface area is 95.9 Å². The van der Waals surface area contributed by atoms with Crippen LogP contribution in [0.25, 0.3) is 0 Å². The Bertz CT molecular complexity index is 567. The first-order chi connectivity index (χ1) is 8.13. The standard InChI is InChI=1S/C10H8N4O3/c15-9-5-13-4-6-3-7(14(16)17)1-2-8(6)11-10(13)12-9/h1-3H,4-5H2,(H,11,12,15). The summed E-state index contributed by atoms with van der Waals surface area (Å²) in [5.74, 6) is 0.419. The number of nitrogens with zero attached hydrogens (tertiary/aromatic N) is 3. The molecule has 2 aliphatic rings. The number of fused-ring (bicyclic) bond motifs is 2. The number of benzene rings is 1. The highest BCUT2D eigenvalue weighted by Crippen LogP contribution is 2.30. The lowest BCUT2D eigenvalue weighted by Gasteiger charge is -2.22. The van der Waals surface area contributed by atoms with Gasteiger partial charge in [-0.2, -0.15) is 0 Å². The maximum Gasteiger partial charge on any atom is 0.269 e. The Balaban J connectivity index is 2.03. The molecule has 1 aromatic rings. The van der Waals surface area contributed by atoms with Gasteiger partial charge < -0.3 is 4.90 Å². The van der Waals surface area contributed by atoms with E-state index < -0.39 is 4.92 Å². The number of nitrogens with one attached hydrogen (secondary N) is 1. The Morgan fingerprint density at radius 3 is 3.00 bits per heavy atom. The van der Waals surface area contributed by atoms with Crippen molar-refractivity contribution in [1.29, 1.82) is 0 Å². The Kier molecular flexibility index (Phi) is 1.88. The van der Waals surface area contributed by atoms with Crippen molar-refractivity contribution in [2.24, 2.45) is 4.99 Å². The molecule has 1 aromatic carbocycles. The maximum atomic E-state index is 11.2. The minimum Gasteiger partial charge on any atom is -0.329 e. The highest BCUT2D eigenvalue weighted by atomic mass is 16.6. The highest BCUT2D eigenvalue weighted by Gasteiger charge is 2.29. The van der Waals surface area contributed by atoms with E-state index >= 15 is 0 Å². The number of rotatable bonds is 1. The third-order valence-electron chi connectivity index (χ3n) is 2.75. The summed E-state index contributed by atoms with van der Waals surface area (Å²) >= 11 is 0. The Hall–Kier alpha value is -2.44. The van der Waals surface area contributed by atoms with Crippen LogP contribution in [0.15, 0.2) is 23.2 Å². The molecule has 0 aromatic heterocycles. The van der Waals surface area contributed by atoms with E-state index in [0.717, 1.165) is 5.56 Å². The van der Waals surface area contributed by atoms with Crippen LogP contribution in [0.4, 0.5) is 11.4 Å². The maximum absolute atomic E-state index is 11.2. The van der Waals surface area contributed by atoms with Gasteiger partial charge in [-0.3, -0.25) is 20.2 Å². The molecule has 3 rings (SSSR count). The van der Waals surface area contributed by atoms with Gasteiger partial charge in [0, 0.05) is 24.2 Å². The van der Waals surface area contributed by atoms with E-state index in [0.29, 0.717) is 18.2 Å². The monoisotopic (exact) mass is 232 g/mol. The van der Waals surface area contributed by atoms with Gasteiger partial charge in [0.1, 0.15) is 6.54 Å². The number of nitro groups is 1. The molecule has 0 aliphatic carbocycles. The van der Waals surface area contributed by atoms with Gasteiger partial charge in [0.15, 0.2) is 0 Å². The van der Waals surface area contributed by atoms with Crippen LogP contribution in [0.1, 0.15) is 5.56 Å². The molecule has 0 atom stereocenters. The second-order valence-corrected chi connectivity index (χ2v) is 3.91. The molecule has 1 saturated heterocycles. The van der Waals surface area contributed by atoms with Gasteiger partial charge in [-0.05, 0) is 6.07 Å². The van der Waals surface area contributed by atoms with Crippen LogP contribution in [-0.4, -0.2) is 28.2 Å². The van der Waals surface area contributed by atoms with Crippen molar-refractivity contribution < 1.29 is 9.72 Å². The molecule has 1 N–H and O–H groups in total. The zero-order chi connectivity index (χ0) is 12.0. The van der Waals surface area contributed by atoms with E-state index in [2.05, 4.69) is 10.3 Å². The average Bonchev–Trinajstić information content (AvgIpc) is 2.63. The number of amides is 1. The predicted molar refractivity (Wildman–Crippen MR) is 58.7 cm³/mol. The van der Waals surface area contributed by atoms with E-state index in [1.807, 2.05) is 0 Å². The molecule has 1 amide bonds. The van der Waals surface area contributed by atoms with Crippen LogP contribution in [0.5, 0.6) is 0 Å². The smallest absolute Gasteiger partial charge is 0.269 e. The normalized spacial score (nSPS) is 17.1. The third-order valence-corrected chi connectivity index (χ3v) is 2.75. The quantitative estimate of drug-likeness (QED) is 0.565. The van der Waals surface area contributed by atoms with E-state index in [9.17, 15) is 14.9 Å². The van der Waals surface area contributed by atoms with Crippen LogP contribution in [0, 0.1) is 10.1 Å². The summed E-state index contributed by atoms with van der Waals surface area (Å²) in [6, 6.07) is 4.51. The average molecular weight is 232 g/mol. The lowest BCUT2D eigenvalue weighted by Crippen LogP contribution is -2.32. The molecule has 0 saturated carbocycles. The number of aliphatic imine (C=N–C) groups is 1. The number of guanidine groups is 1. The van der Waals surface area contributed by atoms with Crippen molar-refractivity contribution in [3.8, 4) is 0 Å². The number of hydrogen-bond donors (Lipinski definition) is 1. The van der Waals surface area contributed by atoms with Gasteiger partial charge in [-0.15, -0.1) is 0 Å². The molecule has 1 fully saturated rings. The van der Waals surface area contributed by atoms with Gasteiger partial charge in [0.25, 0.3) is 5.69 Å². The zero-order valence-electron chi connectivity index (χ0n) is 8.71. The van der Waals surface area contributed by atoms with Gasteiger partial charge in [-0.25, -0.2) is 4.99 Å². The van der Waals surface area contributed by atoms with Crippen molar-refractivity contribution in [3.05, 3.63) is 33.9 Å². The van der Waals surface area contributed by atoms with Crippen LogP contribution in [-0.2, 0) is 11.3 Å². The minimum absolute atomic E-state index is 0.0425. The summed E-state index contributed by atoms with van der Waals surface area (Å²) in [6.07, 6.45) is 0. The van der Waals surface area contributed by atoms with Crippen molar-refractivity contribution in [1.82, 2.24) is 10.2 Å². The molecule has 0 unspecified atom stereocenters. The summed E-state index contributed by atoms with van der Waals surface area (Å²) in [5, 5.41) is 13.3. The predicted octanol–water partition coefficient (Wildman–Crippen LogP) is 0.528. The highest BCUT2D eigenvalue weighted by molar-refractivity contribution is 6.05. The molecule has 7 nitrogen and oxygen atoms in total. The van der Waals surface area contributed by atoms with Gasteiger partial charge in [0.2, 0.25) is 11.9 Å². The first-order valence-electron chi connectivity index (χ1n) is 5.04. The Morgan fingerprint density at radius 2 is 2.24 bits per heavy atom. The first-order valence-corrected chi connectivity index (χ1v) is 5.04. The molecular formula is C10H8N4O3. The number of carbonyl (C=O) groups is 1. The fourth-order valence-electron chi connectivity index (χ4n) is 1.96. The second-order valence-electron chi connectivity index (χ2n) is 3.91. The molecular weight excluding hydrogens is 224 g/mol. The SMILES string of the molecule is O=C1CN2Cc3cc([N+](=O)[O-])ccc3N=C2N1. The van der Waals surface area contributed by atoms with Crippen LogP contribution < -0.4 is 5.32 Å². The third kappa shape index (κ3) is 1.52. The molecule has 2 aliphatic heterocycles. The zero-order valence-corrected chi connectivity index (χ0v) is 8.71. The van der Waals surface area contributed by atoms with Crippen LogP contribution in [0.3, 0.4) is 0 Å². The summed E-state index contributed by atoms with van der Waals surface area (Å²) in [5.41, 5.74) is 1.48. The van der Waals surface area contributed by atoms with Gasteiger partial charge >= 0.3 is 0 Å². The van der Waals surface area contributed by atoms with Crippen LogP contribution in [0.2, 0.25) is 0 Å². The molecule has 0 radical (unpaired) electrons. The summed E-state index contributed by atoms with van der Waals surface area (Å²) in [6.45, 7) is 0.718. The summed E-state index contributed by atoms with van der Waals surface area (Å²) in [7, 11) is 0. The number of carbonyl (C=O) groups excluding carboxylic acids is 1. The molecule has 0 spiro atoms. The minimum atomic E-state index is -0.438. The van der Waals surface area contributed by atoms with Gasteiger partial charge in [0.05, 0.1) is 10.6 Å². The molecule has 0 bridgehead atoms. The summed E-state index contributed by atoms with van der Waals surface area (Å²) in [4.78, 5) is 27.4. The second kappa shape index (κ2) is 3.27. The topological polar surface area (TPSA) is 87.8 Å². The van der Waals surface area contributed by atoms with Crippen LogP contribution >= 0.6 is 0 Å². The van der Waals surface area contributed by atoms with Gasteiger partial charge in [-0.1, -0.05) is 0 Å². The number of hydrogen-bond acceptors (Lipinski definition) is 5. The van der Waals surface area contributed by atoms with E-state index in [4.69, 9.17) is 0 Å². The molecule has 7 heteroatoms. The molecule has 2 heterocycles. The Morgan fingerprint density at radius 1 is 1.41 bits per heavy atom. The van der Waals surface area contributed by atoms with E-state index in [1.54, 1.807) is 11.0 Å². The van der Waals surface area contributed by atoms with Crippen molar-refractivity contribution in [3.63, 3.8) is 0 Å². The van der Waals surface area contributed by atoms with Crippen molar-refractivity contribution >= 4 is 23.2 Å². The first kappa shape index (κ1) is 9.76. The fourth-order valence-corrected chi connectivity index (χ4v) is 1.96. The largest absolute Gasteiger partial charge is 0.329 e. The van der Waals surface area contributed by atoms with Crippen molar-refractivity contribution in [2.45, 2.75) is 6.54 Å².